The number of ether oxygens (including phenoxy) is 1. The first kappa shape index (κ1) is 26.1. The van der Waals surface area contributed by atoms with E-state index in [0.29, 0.717) is 11.3 Å². The molecule has 204 valence electrons. The Morgan fingerprint density at radius 3 is 2.48 bits per heavy atom. The summed E-state index contributed by atoms with van der Waals surface area (Å²) in [7, 11) is 0. The van der Waals surface area contributed by atoms with Gasteiger partial charge in [0.2, 0.25) is 5.91 Å². The predicted molar refractivity (Wildman–Crippen MR) is 156 cm³/mol. The van der Waals surface area contributed by atoms with Crippen LogP contribution < -0.4 is 10.2 Å². The Morgan fingerprint density at radius 1 is 0.950 bits per heavy atom. The Bertz CT molecular complexity index is 1490. The van der Waals surface area contributed by atoms with Gasteiger partial charge >= 0.3 is 5.97 Å². The zero-order chi connectivity index (χ0) is 27.9. The lowest BCUT2D eigenvalue weighted by atomic mass is 9.64. The molecule has 6 nitrogen and oxygen atoms in total. The predicted octanol–water partition coefficient (Wildman–Crippen LogP) is 5.96. The average Bonchev–Trinajstić information content (AvgIpc) is 3.46. The Hall–Kier alpha value is -4.19. The molecule has 1 amide bonds. The van der Waals surface area contributed by atoms with Crippen LogP contribution in [0.1, 0.15) is 60.2 Å². The molecule has 1 saturated heterocycles. The number of esters is 1. The summed E-state index contributed by atoms with van der Waals surface area (Å²) in [6, 6.07) is 21.5. The molecule has 0 saturated carbocycles. The molecule has 1 N–H and O–H groups in total. The monoisotopic (exact) mass is 534 g/mol. The first-order chi connectivity index (χ1) is 19.5. The molecule has 3 heterocycles. The molecule has 0 aliphatic carbocycles. The second-order valence-corrected chi connectivity index (χ2v) is 10.8. The fourth-order valence-corrected chi connectivity index (χ4v) is 6.91. The molecule has 40 heavy (non-hydrogen) atoms. The number of aryl methyl sites for hydroxylation is 1. The quantitative estimate of drug-likeness (QED) is 0.219. The third-order valence-corrected chi connectivity index (χ3v) is 8.66. The molecule has 3 aliphatic heterocycles. The van der Waals surface area contributed by atoms with Crippen LogP contribution in [-0.2, 0) is 26.2 Å². The summed E-state index contributed by atoms with van der Waals surface area (Å²) >= 11 is 0. The van der Waals surface area contributed by atoms with Gasteiger partial charge in [-0.15, -0.1) is 0 Å². The Morgan fingerprint density at radius 2 is 1.70 bits per heavy atom. The van der Waals surface area contributed by atoms with Crippen LogP contribution in [0.25, 0.3) is 6.08 Å². The minimum absolute atomic E-state index is 0.175. The molecule has 0 radical (unpaired) electrons. The number of unbranched alkanes of at least 4 members (excludes halogenated alkanes) is 2. The van der Waals surface area contributed by atoms with Gasteiger partial charge in [0.1, 0.15) is 11.5 Å². The second-order valence-electron chi connectivity index (χ2n) is 10.8. The maximum absolute atomic E-state index is 14.7. The van der Waals surface area contributed by atoms with Gasteiger partial charge in [-0.1, -0.05) is 92.6 Å². The first-order valence-corrected chi connectivity index (χ1v) is 14.3. The first-order valence-electron chi connectivity index (χ1n) is 14.3. The van der Waals surface area contributed by atoms with E-state index in [1.165, 1.54) is 5.56 Å². The van der Waals surface area contributed by atoms with Crippen molar-refractivity contribution in [1.82, 2.24) is 0 Å². The molecule has 1 fully saturated rings. The fourth-order valence-electron chi connectivity index (χ4n) is 6.91. The zero-order valence-electron chi connectivity index (χ0n) is 22.9. The topological polar surface area (TPSA) is 75.7 Å². The lowest BCUT2D eigenvalue weighted by Gasteiger charge is -2.37. The Kier molecular flexibility index (Phi) is 6.78. The van der Waals surface area contributed by atoms with Gasteiger partial charge in [-0.2, -0.15) is 0 Å². The Labute approximate surface area is 235 Å². The van der Waals surface area contributed by atoms with Crippen LogP contribution in [0.5, 0.6) is 0 Å². The number of nitrogens with zero attached hydrogens (tertiary/aromatic N) is 1. The summed E-state index contributed by atoms with van der Waals surface area (Å²) in [5.74, 6) is -2.00. The molecule has 6 rings (SSSR count). The van der Waals surface area contributed by atoms with Crippen molar-refractivity contribution in [1.29, 1.82) is 0 Å². The number of carbonyl (C=O) groups excluding carboxylic acids is 3. The number of anilines is 2. The standard InChI is InChI=1S/C34H34N2O4/c1-3-5-6-11-22-16-18-24(19-17-22)31(37)29-30(32(38)40-4-2)36-27-15-10-7-12-23(27)20-21-28(36)34(29)25-13-8-9-14-26(25)35-33(34)39/h7-10,12-21,28-30H,3-6,11H2,1-2H3,(H,35,39)/t28-,29+,30-,34-/m1/s1. The highest BCUT2D eigenvalue weighted by molar-refractivity contribution is 6.16. The van der Waals surface area contributed by atoms with Crippen molar-refractivity contribution in [3.63, 3.8) is 0 Å². The van der Waals surface area contributed by atoms with Crippen molar-refractivity contribution < 1.29 is 19.1 Å². The number of Topliss-reactive ketones (excluding diaryl/α,β-unsaturated/α-hetero) is 1. The van der Waals surface area contributed by atoms with Crippen LogP contribution in [0.2, 0.25) is 0 Å². The summed E-state index contributed by atoms with van der Waals surface area (Å²) in [6.45, 7) is 4.11. The summed E-state index contributed by atoms with van der Waals surface area (Å²) in [6.07, 6.45) is 8.32. The van der Waals surface area contributed by atoms with Crippen LogP contribution in [0.15, 0.2) is 78.9 Å². The molecule has 3 aliphatic rings. The lowest BCUT2D eigenvalue weighted by Crippen LogP contribution is -2.51. The van der Waals surface area contributed by atoms with Crippen molar-refractivity contribution in [2.75, 3.05) is 16.8 Å². The summed E-state index contributed by atoms with van der Waals surface area (Å²) < 4.78 is 5.62. The van der Waals surface area contributed by atoms with Crippen molar-refractivity contribution in [3.8, 4) is 0 Å². The fraction of sp³-hybridized carbons (Fsp3) is 0.324. The number of benzene rings is 3. The number of ketones is 1. The highest BCUT2D eigenvalue weighted by atomic mass is 16.5. The van der Waals surface area contributed by atoms with Gasteiger partial charge in [-0.05, 0) is 48.6 Å². The van der Waals surface area contributed by atoms with E-state index in [1.807, 2.05) is 89.8 Å². The molecular weight excluding hydrogens is 500 g/mol. The van der Waals surface area contributed by atoms with E-state index >= 15 is 0 Å². The van der Waals surface area contributed by atoms with Gasteiger partial charge < -0.3 is 15.0 Å². The number of nitrogens with one attached hydrogen (secondary N) is 1. The Balaban J connectivity index is 1.53. The van der Waals surface area contributed by atoms with Gasteiger partial charge in [-0.25, -0.2) is 4.79 Å². The SMILES string of the molecule is CCCCCc1ccc(C(=O)[C@@H]2[C@H](C(=O)OCC)N3c4ccccc4C=C[C@@H]3[C@@]23C(=O)Nc2ccccc23)cc1. The van der Waals surface area contributed by atoms with Crippen LogP contribution in [0, 0.1) is 5.92 Å². The number of hydrogen-bond donors (Lipinski definition) is 1. The highest BCUT2D eigenvalue weighted by Crippen LogP contribution is 2.57. The van der Waals surface area contributed by atoms with E-state index in [4.69, 9.17) is 4.74 Å². The zero-order valence-corrected chi connectivity index (χ0v) is 22.9. The van der Waals surface area contributed by atoms with Crippen LogP contribution >= 0.6 is 0 Å². The van der Waals surface area contributed by atoms with Gasteiger partial charge in [-0.3, -0.25) is 9.59 Å². The van der Waals surface area contributed by atoms with Crippen LogP contribution in [0.4, 0.5) is 11.4 Å². The van der Waals surface area contributed by atoms with Crippen molar-refractivity contribution >= 4 is 35.1 Å². The molecule has 3 aromatic carbocycles. The van der Waals surface area contributed by atoms with E-state index in [1.54, 1.807) is 6.92 Å². The average molecular weight is 535 g/mol. The number of fused-ring (bicyclic) bond motifs is 6. The summed E-state index contributed by atoms with van der Waals surface area (Å²) in [5.41, 5.74) is 3.51. The molecule has 0 unspecified atom stereocenters. The second kappa shape index (κ2) is 10.4. The van der Waals surface area contributed by atoms with Crippen molar-refractivity contribution in [2.45, 2.75) is 57.0 Å². The molecule has 4 atom stereocenters. The third-order valence-electron chi connectivity index (χ3n) is 8.66. The van der Waals surface area contributed by atoms with Crippen LogP contribution in [-0.4, -0.2) is 36.4 Å². The maximum atomic E-state index is 14.7. The molecule has 1 spiro atoms. The van der Waals surface area contributed by atoms with Gasteiger partial charge in [0.15, 0.2) is 5.78 Å². The number of carbonyl (C=O) groups is 3. The maximum Gasteiger partial charge on any atom is 0.329 e. The van der Waals surface area contributed by atoms with E-state index in [2.05, 4.69) is 12.2 Å². The summed E-state index contributed by atoms with van der Waals surface area (Å²) in [4.78, 5) is 44.7. The molecular formula is C34H34N2O4. The number of amides is 1. The summed E-state index contributed by atoms with van der Waals surface area (Å²) in [5, 5.41) is 3.05. The minimum atomic E-state index is -1.31. The molecule has 0 bridgehead atoms. The molecule has 6 heteroatoms. The van der Waals surface area contributed by atoms with Gasteiger partial charge in [0, 0.05) is 16.9 Å². The van der Waals surface area contributed by atoms with E-state index in [9.17, 15) is 14.4 Å². The van der Waals surface area contributed by atoms with E-state index in [0.717, 1.165) is 42.5 Å². The highest BCUT2D eigenvalue weighted by Gasteiger charge is 2.70. The number of para-hydroxylation sites is 2. The van der Waals surface area contributed by atoms with E-state index in [-0.39, 0.29) is 18.3 Å². The normalized spacial score (nSPS) is 23.9. The molecule has 3 aromatic rings. The minimum Gasteiger partial charge on any atom is -0.464 e. The van der Waals surface area contributed by atoms with Gasteiger partial charge in [0.05, 0.1) is 18.6 Å². The van der Waals surface area contributed by atoms with E-state index < -0.39 is 29.4 Å². The third kappa shape index (κ3) is 3.88. The number of hydrogen-bond acceptors (Lipinski definition) is 5. The molecule has 0 aromatic heterocycles. The number of rotatable bonds is 8. The van der Waals surface area contributed by atoms with Crippen molar-refractivity contribution in [3.05, 3.63) is 101 Å². The lowest BCUT2D eigenvalue weighted by molar-refractivity contribution is -0.145. The van der Waals surface area contributed by atoms with Crippen LogP contribution in [0.3, 0.4) is 0 Å². The van der Waals surface area contributed by atoms with Crippen molar-refractivity contribution in [2.24, 2.45) is 5.92 Å². The smallest absolute Gasteiger partial charge is 0.329 e. The largest absolute Gasteiger partial charge is 0.464 e. The van der Waals surface area contributed by atoms with Gasteiger partial charge in [0.25, 0.3) is 0 Å².